The van der Waals surface area contributed by atoms with Gasteiger partial charge in [0.15, 0.2) is 0 Å². The van der Waals surface area contributed by atoms with Gasteiger partial charge >= 0.3 is 0 Å². The van der Waals surface area contributed by atoms with E-state index in [9.17, 15) is 0 Å². The molecule has 1 heterocycles. The quantitative estimate of drug-likeness (QED) is 0.735. The number of halogens is 1. The summed E-state index contributed by atoms with van der Waals surface area (Å²) in [5.74, 6) is 0. The van der Waals surface area contributed by atoms with Crippen molar-refractivity contribution in [3.63, 3.8) is 0 Å². The molecule has 0 aliphatic carbocycles. The minimum Gasteiger partial charge on any atom is -0.391 e. The van der Waals surface area contributed by atoms with Crippen LogP contribution in [0.15, 0.2) is 28.7 Å². The van der Waals surface area contributed by atoms with Crippen molar-refractivity contribution >= 4 is 42.4 Å². The first kappa shape index (κ1) is 7.13. The lowest BCUT2D eigenvalue weighted by Gasteiger charge is -1.88. The highest BCUT2D eigenvalue weighted by Gasteiger charge is 1.97. The highest BCUT2D eigenvalue weighted by Crippen LogP contribution is 2.29. The van der Waals surface area contributed by atoms with Crippen LogP contribution in [0.3, 0.4) is 0 Å². The maximum absolute atomic E-state index is 5.64. The second kappa shape index (κ2) is 2.50. The van der Waals surface area contributed by atoms with Gasteiger partial charge in [0.1, 0.15) is 0 Å². The van der Waals surface area contributed by atoms with E-state index in [1.807, 2.05) is 12.1 Å². The fourth-order valence-corrected chi connectivity index (χ4v) is 2.23. The molecule has 0 aliphatic rings. The third-order valence-corrected chi connectivity index (χ3v) is 2.94. The Morgan fingerprint density at radius 1 is 1.27 bits per heavy atom. The van der Waals surface area contributed by atoms with E-state index in [-0.39, 0.29) is 0 Å². The van der Waals surface area contributed by atoms with Gasteiger partial charge in [0.2, 0.25) is 0 Å². The van der Waals surface area contributed by atoms with Crippen molar-refractivity contribution in [3.05, 3.63) is 28.7 Å². The molecule has 0 radical (unpaired) electrons. The SMILES string of the molecule is Nc1cc2cc(Br)ccc2s1. The number of benzene rings is 1. The van der Waals surface area contributed by atoms with Crippen LogP contribution in [0.4, 0.5) is 5.00 Å². The van der Waals surface area contributed by atoms with Crippen molar-refractivity contribution in [1.82, 2.24) is 0 Å². The number of hydrogen-bond donors (Lipinski definition) is 1. The first-order valence-corrected chi connectivity index (χ1v) is 4.81. The Morgan fingerprint density at radius 2 is 2.09 bits per heavy atom. The van der Waals surface area contributed by atoms with Gasteiger partial charge in [-0.15, -0.1) is 11.3 Å². The third-order valence-electron chi connectivity index (χ3n) is 1.50. The number of nitrogens with two attached hydrogens (primary N) is 1. The average molecular weight is 228 g/mol. The van der Waals surface area contributed by atoms with Crippen molar-refractivity contribution in [1.29, 1.82) is 0 Å². The van der Waals surface area contributed by atoms with E-state index in [0.29, 0.717) is 0 Å². The van der Waals surface area contributed by atoms with Crippen molar-refractivity contribution < 1.29 is 0 Å². The first-order chi connectivity index (χ1) is 5.25. The maximum atomic E-state index is 5.64. The fraction of sp³-hybridized carbons (Fsp3) is 0. The summed E-state index contributed by atoms with van der Waals surface area (Å²) in [5.41, 5.74) is 5.64. The topological polar surface area (TPSA) is 26.0 Å². The molecule has 1 aromatic heterocycles. The second-order valence-electron chi connectivity index (χ2n) is 2.33. The average Bonchev–Trinajstić information content (AvgIpc) is 2.27. The van der Waals surface area contributed by atoms with E-state index in [2.05, 4.69) is 28.1 Å². The smallest absolute Gasteiger partial charge is 0.0868 e. The summed E-state index contributed by atoms with van der Waals surface area (Å²) < 4.78 is 2.34. The molecule has 0 unspecified atom stereocenters. The van der Waals surface area contributed by atoms with Gasteiger partial charge in [0, 0.05) is 9.17 Å². The highest BCUT2D eigenvalue weighted by atomic mass is 79.9. The van der Waals surface area contributed by atoms with Crippen molar-refractivity contribution in [2.75, 3.05) is 5.73 Å². The first-order valence-electron chi connectivity index (χ1n) is 3.20. The molecule has 2 rings (SSSR count). The Labute approximate surface area is 77.0 Å². The van der Waals surface area contributed by atoms with Crippen LogP contribution < -0.4 is 5.73 Å². The van der Waals surface area contributed by atoms with Crippen LogP contribution in [0.2, 0.25) is 0 Å². The minimum absolute atomic E-state index is 0.873. The molecule has 56 valence electrons. The number of anilines is 1. The van der Waals surface area contributed by atoms with E-state index in [1.54, 1.807) is 11.3 Å². The summed E-state index contributed by atoms with van der Waals surface area (Å²) in [4.78, 5) is 0. The zero-order chi connectivity index (χ0) is 7.84. The van der Waals surface area contributed by atoms with E-state index >= 15 is 0 Å². The van der Waals surface area contributed by atoms with Crippen LogP contribution in [0.5, 0.6) is 0 Å². The van der Waals surface area contributed by atoms with Gasteiger partial charge in [-0.3, -0.25) is 0 Å². The predicted molar refractivity (Wildman–Crippen MR) is 53.9 cm³/mol. The summed E-state index contributed by atoms with van der Waals surface area (Å²) >= 11 is 5.02. The van der Waals surface area contributed by atoms with Crippen LogP contribution in [-0.2, 0) is 0 Å². The number of nitrogen functional groups attached to an aromatic ring is 1. The summed E-state index contributed by atoms with van der Waals surface area (Å²) in [6.07, 6.45) is 0. The second-order valence-corrected chi connectivity index (χ2v) is 4.36. The van der Waals surface area contributed by atoms with E-state index in [4.69, 9.17) is 5.73 Å². The van der Waals surface area contributed by atoms with Crippen LogP contribution in [0.1, 0.15) is 0 Å². The molecule has 2 aromatic rings. The van der Waals surface area contributed by atoms with E-state index < -0.39 is 0 Å². The molecule has 0 aliphatic heterocycles. The molecular weight excluding hydrogens is 222 g/mol. The van der Waals surface area contributed by atoms with Crippen LogP contribution >= 0.6 is 27.3 Å². The van der Waals surface area contributed by atoms with E-state index in [0.717, 1.165) is 9.47 Å². The lowest BCUT2D eigenvalue weighted by Crippen LogP contribution is -1.72. The summed E-state index contributed by atoms with van der Waals surface area (Å²) in [6, 6.07) is 8.16. The van der Waals surface area contributed by atoms with Crippen LogP contribution in [-0.4, -0.2) is 0 Å². The van der Waals surface area contributed by atoms with Crippen LogP contribution in [0.25, 0.3) is 10.1 Å². The molecule has 0 saturated carbocycles. The Hall–Kier alpha value is -0.540. The summed E-state index contributed by atoms with van der Waals surface area (Å²) in [5, 5.41) is 2.08. The molecular formula is C8H6BrNS. The van der Waals surface area contributed by atoms with Crippen molar-refractivity contribution in [2.45, 2.75) is 0 Å². The van der Waals surface area contributed by atoms with Gasteiger partial charge in [-0.25, -0.2) is 0 Å². The maximum Gasteiger partial charge on any atom is 0.0868 e. The molecule has 0 amide bonds. The Balaban J connectivity index is 2.82. The molecule has 3 heteroatoms. The fourth-order valence-electron chi connectivity index (χ4n) is 1.03. The molecule has 0 atom stereocenters. The van der Waals surface area contributed by atoms with Gasteiger partial charge < -0.3 is 5.73 Å². The molecule has 0 fully saturated rings. The molecule has 11 heavy (non-hydrogen) atoms. The Morgan fingerprint density at radius 3 is 2.91 bits per heavy atom. The van der Waals surface area contributed by atoms with Crippen LogP contribution in [0, 0.1) is 0 Å². The Bertz CT molecular complexity index is 394. The largest absolute Gasteiger partial charge is 0.391 e. The number of rotatable bonds is 0. The Kier molecular flexibility index (Phi) is 1.62. The molecule has 0 saturated heterocycles. The summed E-state index contributed by atoms with van der Waals surface area (Å²) in [7, 11) is 0. The highest BCUT2D eigenvalue weighted by molar-refractivity contribution is 9.10. The van der Waals surface area contributed by atoms with Gasteiger partial charge in [0.05, 0.1) is 5.00 Å². The van der Waals surface area contributed by atoms with Gasteiger partial charge in [0.25, 0.3) is 0 Å². The number of hydrogen-bond acceptors (Lipinski definition) is 2. The molecule has 2 N–H and O–H groups in total. The predicted octanol–water partition coefficient (Wildman–Crippen LogP) is 3.25. The zero-order valence-corrected chi connectivity index (χ0v) is 8.08. The summed E-state index contributed by atoms with van der Waals surface area (Å²) in [6.45, 7) is 0. The van der Waals surface area contributed by atoms with E-state index in [1.165, 1.54) is 10.1 Å². The van der Waals surface area contributed by atoms with Gasteiger partial charge in [-0.2, -0.15) is 0 Å². The molecule has 1 nitrogen and oxygen atoms in total. The lowest BCUT2D eigenvalue weighted by atomic mass is 10.3. The van der Waals surface area contributed by atoms with Crippen molar-refractivity contribution in [2.24, 2.45) is 0 Å². The van der Waals surface area contributed by atoms with Gasteiger partial charge in [-0.05, 0) is 29.7 Å². The standard InChI is InChI=1S/C8H6BrNS/c9-6-1-2-7-5(3-6)4-8(10)11-7/h1-4H,10H2. The lowest BCUT2D eigenvalue weighted by molar-refractivity contribution is 1.76. The normalized spacial score (nSPS) is 10.6. The number of fused-ring (bicyclic) bond motifs is 1. The monoisotopic (exact) mass is 227 g/mol. The molecule has 0 spiro atoms. The van der Waals surface area contributed by atoms with Crippen molar-refractivity contribution in [3.8, 4) is 0 Å². The zero-order valence-electron chi connectivity index (χ0n) is 5.67. The molecule has 0 bridgehead atoms. The van der Waals surface area contributed by atoms with Gasteiger partial charge in [-0.1, -0.05) is 15.9 Å². The minimum atomic E-state index is 0.873. The number of thiophene rings is 1. The molecule has 1 aromatic carbocycles. The third kappa shape index (κ3) is 1.26.